The maximum Gasteiger partial charge on any atom is 0.269 e. The predicted molar refractivity (Wildman–Crippen MR) is 132 cm³/mol. The van der Waals surface area contributed by atoms with Gasteiger partial charge in [0.1, 0.15) is 23.4 Å². The summed E-state index contributed by atoms with van der Waals surface area (Å²) in [5.74, 6) is -2.36. The van der Waals surface area contributed by atoms with Gasteiger partial charge < -0.3 is 10.1 Å². The molecule has 1 atom stereocenters. The third-order valence-corrected chi connectivity index (χ3v) is 5.74. The molecule has 1 fully saturated rings. The molecule has 0 aromatic heterocycles. The van der Waals surface area contributed by atoms with E-state index in [9.17, 15) is 23.2 Å². The normalized spacial score (nSPS) is 15.1. The van der Waals surface area contributed by atoms with Crippen molar-refractivity contribution in [2.75, 3.05) is 17.3 Å². The number of thiocarbonyl (C=S) groups is 1. The Morgan fingerprint density at radius 3 is 2.33 bits per heavy atom. The molecule has 0 aliphatic carbocycles. The summed E-state index contributed by atoms with van der Waals surface area (Å²) in [6, 6.07) is 15.4. The second kappa shape index (κ2) is 10.5. The molecule has 2 N–H and O–H groups in total. The highest BCUT2D eigenvalue weighted by atomic mass is 32.1. The second-order valence-electron chi connectivity index (χ2n) is 7.75. The van der Waals surface area contributed by atoms with Gasteiger partial charge in [-0.1, -0.05) is 6.07 Å². The minimum atomic E-state index is -1.20. The summed E-state index contributed by atoms with van der Waals surface area (Å²) in [6.07, 6.45) is -0.383. The molecule has 3 amide bonds. The zero-order chi connectivity index (χ0) is 25.8. The molecular weight excluding hydrogens is 490 g/mol. The van der Waals surface area contributed by atoms with Crippen molar-refractivity contribution in [3.05, 3.63) is 90.0 Å². The van der Waals surface area contributed by atoms with Crippen molar-refractivity contribution in [2.24, 2.45) is 0 Å². The first kappa shape index (κ1) is 24.7. The van der Waals surface area contributed by atoms with Crippen molar-refractivity contribution in [3.8, 4) is 5.75 Å². The number of rotatable bonds is 7. The Morgan fingerprint density at radius 1 is 1.00 bits per heavy atom. The third kappa shape index (κ3) is 5.31. The third-order valence-electron chi connectivity index (χ3n) is 5.36. The van der Waals surface area contributed by atoms with Gasteiger partial charge in [0.2, 0.25) is 11.0 Å². The fraction of sp³-hybridized carbons (Fsp3) is 0.120. The summed E-state index contributed by atoms with van der Waals surface area (Å²) in [7, 11) is 1.50. The van der Waals surface area contributed by atoms with E-state index in [0.29, 0.717) is 17.1 Å². The van der Waals surface area contributed by atoms with E-state index in [-0.39, 0.29) is 17.1 Å². The number of nitrogens with one attached hydrogen (secondary N) is 2. The van der Waals surface area contributed by atoms with E-state index in [2.05, 4.69) is 10.7 Å². The van der Waals surface area contributed by atoms with Crippen LogP contribution in [0.1, 0.15) is 16.8 Å². The fourth-order valence-corrected chi connectivity index (χ4v) is 3.96. The lowest BCUT2D eigenvalue weighted by molar-refractivity contribution is -0.124. The number of nitrogens with zero attached hydrogens (tertiary/aromatic N) is 2. The lowest BCUT2D eigenvalue weighted by Crippen LogP contribution is -2.49. The van der Waals surface area contributed by atoms with Gasteiger partial charge in [0.15, 0.2) is 0 Å². The van der Waals surface area contributed by atoms with Crippen LogP contribution in [0.25, 0.3) is 0 Å². The van der Waals surface area contributed by atoms with E-state index < -0.39 is 35.4 Å². The van der Waals surface area contributed by atoms with Crippen molar-refractivity contribution in [1.29, 1.82) is 0 Å². The van der Waals surface area contributed by atoms with Crippen LogP contribution in [0.4, 0.5) is 20.2 Å². The first-order valence-corrected chi connectivity index (χ1v) is 11.1. The number of hydrazine groups is 1. The summed E-state index contributed by atoms with van der Waals surface area (Å²) in [4.78, 5) is 40.2. The van der Waals surface area contributed by atoms with Gasteiger partial charge in [-0.15, -0.1) is 0 Å². The summed E-state index contributed by atoms with van der Waals surface area (Å²) in [6.45, 7) is 0. The van der Waals surface area contributed by atoms with Crippen molar-refractivity contribution < 1.29 is 27.9 Å². The van der Waals surface area contributed by atoms with Crippen LogP contribution in [-0.2, 0) is 9.59 Å². The Kier molecular flexibility index (Phi) is 7.20. The van der Waals surface area contributed by atoms with E-state index in [1.54, 1.807) is 24.3 Å². The number of carbonyl (C=O) groups excluding carboxylic acids is 3. The van der Waals surface area contributed by atoms with Gasteiger partial charge in [0, 0.05) is 11.3 Å². The number of halogens is 2. The Hall–Kier alpha value is -4.38. The van der Waals surface area contributed by atoms with Crippen LogP contribution in [0, 0.1) is 11.6 Å². The predicted octanol–water partition coefficient (Wildman–Crippen LogP) is 3.65. The van der Waals surface area contributed by atoms with Crippen LogP contribution < -0.4 is 20.4 Å². The van der Waals surface area contributed by atoms with Crippen molar-refractivity contribution in [2.45, 2.75) is 12.5 Å². The minimum absolute atomic E-state index is 0.00246. The topological polar surface area (TPSA) is 91.0 Å². The maximum absolute atomic E-state index is 13.6. The molecule has 1 aliphatic heterocycles. The Labute approximate surface area is 210 Å². The molecule has 0 spiro atoms. The molecule has 4 rings (SSSR count). The van der Waals surface area contributed by atoms with E-state index in [1.807, 2.05) is 0 Å². The molecule has 1 heterocycles. The molecule has 8 nitrogen and oxygen atoms in total. The molecular formula is C25H20F2N4O4S. The van der Waals surface area contributed by atoms with E-state index in [0.717, 1.165) is 11.1 Å². The monoisotopic (exact) mass is 510 g/mol. The maximum atomic E-state index is 13.6. The van der Waals surface area contributed by atoms with Gasteiger partial charge in [0.25, 0.3) is 11.8 Å². The minimum Gasteiger partial charge on any atom is -0.497 e. The molecule has 1 saturated heterocycles. The smallest absolute Gasteiger partial charge is 0.269 e. The standard InChI is InChI=1S/C25H20F2N4O4S/c1-35-20-11-9-19(10-12-20)30-24(34)21(14-22(32)28-18-7-5-16(26)6-8-18)31(25(30)36)29-23(33)15-3-2-4-17(27)13-15/h2-13,21H,14H2,1H3,(H,28,32)(H,29,33). The van der Waals surface area contributed by atoms with E-state index >= 15 is 0 Å². The Morgan fingerprint density at radius 2 is 1.69 bits per heavy atom. The quantitative estimate of drug-likeness (QED) is 0.472. The zero-order valence-corrected chi connectivity index (χ0v) is 19.7. The van der Waals surface area contributed by atoms with Crippen molar-refractivity contribution in [1.82, 2.24) is 10.4 Å². The van der Waals surface area contributed by atoms with Crippen LogP contribution in [0.5, 0.6) is 5.75 Å². The summed E-state index contributed by atoms with van der Waals surface area (Å²) in [5, 5.41) is 3.62. The van der Waals surface area contributed by atoms with Crippen LogP contribution in [-0.4, -0.2) is 41.0 Å². The van der Waals surface area contributed by atoms with Gasteiger partial charge in [-0.25, -0.2) is 13.8 Å². The van der Waals surface area contributed by atoms with Gasteiger partial charge in [-0.2, -0.15) is 0 Å². The number of benzene rings is 3. The SMILES string of the molecule is COc1ccc(N2C(=O)C(CC(=O)Nc3ccc(F)cc3)N(NC(=O)c3cccc(F)c3)C2=S)cc1. The van der Waals surface area contributed by atoms with Crippen LogP contribution >= 0.6 is 12.2 Å². The van der Waals surface area contributed by atoms with Crippen LogP contribution in [0.2, 0.25) is 0 Å². The van der Waals surface area contributed by atoms with Crippen LogP contribution in [0.3, 0.4) is 0 Å². The Bertz CT molecular complexity index is 1320. The summed E-state index contributed by atoms with van der Waals surface area (Å²) < 4.78 is 32.0. The first-order chi connectivity index (χ1) is 17.3. The number of amides is 3. The molecule has 1 unspecified atom stereocenters. The van der Waals surface area contributed by atoms with E-state index in [4.69, 9.17) is 17.0 Å². The summed E-state index contributed by atoms with van der Waals surface area (Å²) in [5.41, 5.74) is 3.25. The number of hydrogen-bond acceptors (Lipinski definition) is 5. The molecule has 3 aromatic rings. The molecule has 11 heteroatoms. The van der Waals surface area contributed by atoms with E-state index in [1.165, 1.54) is 54.5 Å². The lowest BCUT2D eigenvalue weighted by atomic mass is 10.1. The molecule has 0 saturated carbocycles. The number of hydrogen-bond donors (Lipinski definition) is 2. The number of carbonyl (C=O) groups is 3. The van der Waals surface area contributed by atoms with Gasteiger partial charge in [-0.3, -0.25) is 24.7 Å². The molecule has 184 valence electrons. The summed E-state index contributed by atoms with van der Waals surface area (Å²) >= 11 is 5.49. The molecule has 0 radical (unpaired) electrons. The highest BCUT2D eigenvalue weighted by Crippen LogP contribution is 2.28. The molecule has 0 bridgehead atoms. The molecule has 36 heavy (non-hydrogen) atoms. The molecule has 3 aromatic carbocycles. The average molecular weight is 511 g/mol. The fourth-order valence-electron chi connectivity index (χ4n) is 3.59. The first-order valence-electron chi connectivity index (χ1n) is 10.7. The largest absolute Gasteiger partial charge is 0.497 e. The van der Waals surface area contributed by atoms with Crippen LogP contribution in [0.15, 0.2) is 72.8 Å². The number of anilines is 2. The Balaban J connectivity index is 1.60. The highest BCUT2D eigenvalue weighted by molar-refractivity contribution is 7.80. The van der Waals surface area contributed by atoms with Crippen molar-refractivity contribution >= 4 is 46.4 Å². The average Bonchev–Trinajstić information content (AvgIpc) is 3.09. The zero-order valence-electron chi connectivity index (χ0n) is 18.9. The van der Waals surface area contributed by atoms with Crippen molar-refractivity contribution in [3.63, 3.8) is 0 Å². The molecule has 1 aliphatic rings. The van der Waals surface area contributed by atoms with Gasteiger partial charge >= 0.3 is 0 Å². The lowest BCUT2D eigenvalue weighted by Gasteiger charge is -2.24. The number of methoxy groups -OCH3 is 1. The highest BCUT2D eigenvalue weighted by Gasteiger charge is 2.45. The van der Waals surface area contributed by atoms with Gasteiger partial charge in [0.05, 0.1) is 19.2 Å². The number of ether oxygens (including phenoxy) is 1. The second-order valence-corrected chi connectivity index (χ2v) is 8.12. The van der Waals surface area contributed by atoms with Gasteiger partial charge in [-0.05, 0) is 78.9 Å².